The standard InChI is InChI=1S/C21H27F3N2O2.C2H6O/c22-21(23,24)17-3-1-14-5-8-26(13-16(14)11-17)20(27)15-2-4-19(12-15)25-18-6-9-28-10-7-18;1-2-3/h1,3,11,15,18-19,25H,2,4-10,12-13H2;3H,2H2,1H3/t15-,19?;/m0./s1. The molecule has 1 amide bonds. The van der Waals surface area contributed by atoms with E-state index < -0.39 is 11.7 Å². The Labute approximate surface area is 181 Å². The van der Waals surface area contributed by atoms with Gasteiger partial charge in [-0.05, 0) is 68.7 Å². The normalized spacial score (nSPS) is 24.4. The highest BCUT2D eigenvalue weighted by molar-refractivity contribution is 5.79. The second-order valence-electron chi connectivity index (χ2n) is 8.57. The molecule has 2 heterocycles. The van der Waals surface area contributed by atoms with Gasteiger partial charge in [-0.2, -0.15) is 13.2 Å². The molecule has 31 heavy (non-hydrogen) atoms. The molecule has 1 aromatic carbocycles. The van der Waals surface area contributed by atoms with Gasteiger partial charge in [-0.15, -0.1) is 0 Å². The fourth-order valence-corrected chi connectivity index (χ4v) is 4.73. The number of alkyl halides is 3. The first-order chi connectivity index (χ1) is 14.8. The maximum atomic E-state index is 13.0. The molecule has 2 aliphatic heterocycles. The monoisotopic (exact) mass is 442 g/mol. The van der Waals surface area contributed by atoms with E-state index in [9.17, 15) is 18.0 Å². The molecular weight excluding hydrogens is 409 g/mol. The van der Waals surface area contributed by atoms with Gasteiger partial charge in [0.05, 0.1) is 5.56 Å². The summed E-state index contributed by atoms with van der Waals surface area (Å²) in [5.41, 5.74) is 0.911. The summed E-state index contributed by atoms with van der Waals surface area (Å²) in [5.74, 6) is 0.0732. The molecule has 0 bridgehead atoms. The lowest BCUT2D eigenvalue weighted by Gasteiger charge is -2.31. The summed E-state index contributed by atoms with van der Waals surface area (Å²) < 4.78 is 44.4. The molecule has 1 aliphatic carbocycles. The molecule has 2 N–H and O–H groups in total. The summed E-state index contributed by atoms with van der Waals surface area (Å²) in [5, 5.41) is 11.2. The molecule has 3 aliphatic rings. The number of carbonyl (C=O) groups excluding carboxylic acids is 1. The van der Waals surface area contributed by atoms with Crippen LogP contribution in [-0.2, 0) is 28.7 Å². The molecule has 1 aromatic rings. The summed E-state index contributed by atoms with van der Waals surface area (Å²) in [7, 11) is 0. The number of fused-ring (bicyclic) bond motifs is 1. The molecule has 5 nitrogen and oxygen atoms in total. The van der Waals surface area contributed by atoms with E-state index in [1.807, 2.05) is 0 Å². The van der Waals surface area contributed by atoms with Crippen molar-refractivity contribution in [1.29, 1.82) is 0 Å². The molecule has 1 unspecified atom stereocenters. The zero-order valence-electron chi connectivity index (χ0n) is 18.1. The van der Waals surface area contributed by atoms with E-state index in [1.165, 1.54) is 6.07 Å². The van der Waals surface area contributed by atoms with Crippen molar-refractivity contribution >= 4 is 5.91 Å². The van der Waals surface area contributed by atoms with Crippen LogP contribution in [0, 0.1) is 5.92 Å². The minimum Gasteiger partial charge on any atom is -0.397 e. The Morgan fingerprint density at radius 1 is 1.16 bits per heavy atom. The minimum atomic E-state index is -4.35. The van der Waals surface area contributed by atoms with E-state index >= 15 is 0 Å². The van der Waals surface area contributed by atoms with Crippen LogP contribution in [0.15, 0.2) is 18.2 Å². The highest BCUT2D eigenvalue weighted by Gasteiger charge is 2.36. The third-order valence-electron chi connectivity index (χ3n) is 6.33. The Bertz CT molecular complexity index is 735. The third kappa shape index (κ3) is 6.43. The van der Waals surface area contributed by atoms with E-state index in [4.69, 9.17) is 9.84 Å². The molecule has 1 saturated carbocycles. The van der Waals surface area contributed by atoms with Crippen molar-refractivity contribution in [3.63, 3.8) is 0 Å². The second kappa shape index (κ2) is 10.8. The second-order valence-corrected chi connectivity index (χ2v) is 8.57. The Balaban J connectivity index is 0.000000858. The van der Waals surface area contributed by atoms with Crippen LogP contribution in [0.25, 0.3) is 0 Å². The summed E-state index contributed by atoms with van der Waals surface area (Å²) in [6, 6.07) is 4.73. The first-order valence-corrected chi connectivity index (χ1v) is 11.2. The number of carbonyl (C=O) groups is 1. The maximum Gasteiger partial charge on any atom is 0.416 e. The van der Waals surface area contributed by atoms with Crippen LogP contribution in [0.1, 0.15) is 55.7 Å². The number of aliphatic hydroxyl groups excluding tert-OH is 1. The smallest absolute Gasteiger partial charge is 0.397 e. The molecular formula is C23H33F3N2O3. The zero-order chi connectivity index (χ0) is 22.4. The van der Waals surface area contributed by atoms with E-state index in [-0.39, 0.29) is 25.0 Å². The van der Waals surface area contributed by atoms with Crippen LogP contribution in [0.2, 0.25) is 0 Å². The van der Waals surface area contributed by atoms with Gasteiger partial charge in [-0.3, -0.25) is 4.79 Å². The third-order valence-corrected chi connectivity index (χ3v) is 6.33. The zero-order valence-corrected chi connectivity index (χ0v) is 18.1. The van der Waals surface area contributed by atoms with Gasteiger partial charge in [-0.25, -0.2) is 0 Å². The average Bonchev–Trinajstić information content (AvgIpc) is 3.21. The van der Waals surface area contributed by atoms with Crippen LogP contribution < -0.4 is 5.32 Å². The van der Waals surface area contributed by atoms with Gasteiger partial charge in [-0.1, -0.05) is 6.07 Å². The predicted octanol–water partition coefficient (Wildman–Crippen LogP) is 3.53. The minimum absolute atomic E-state index is 0.0234. The topological polar surface area (TPSA) is 61.8 Å². The molecule has 0 radical (unpaired) electrons. The first-order valence-electron chi connectivity index (χ1n) is 11.2. The molecule has 2 atom stereocenters. The van der Waals surface area contributed by atoms with E-state index in [2.05, 4.69) is 5.32 Å². The van der Waals surface area contributed by atoms with Gasteiger partial charge in [0.2, 0.25) is 5.91 Å². The number of nitrogens with one attached hydrogen (secondary N) is 1. The van der Waals surface area contributed by atoms with Crippen molar-refractivity contribution in [2.45, 2.75) is 70.3 Å². The number of benzene rings is 1. The number of hydrogen-bond acceptors (Lipinski definition) is 4. The number of hydrogen-bond donors (Lipinski definition) is 2. The van der Waals surface area contributed by atoms with Crippen molar-refractivity contribution in [2.24, 2.45) is 5.92 Å². The van der Waals surface area contributed by atoms with Crippen molar-refractivity contribution in [3.05, 3.63) is 34.9 Å². The number of rotatable bonds is 3. The fourth-order valence-electron chi connectivity index (χ4n) is 4.73. The van der Waals surface area contributed by atoms with Crippen molar-refractivity contribution in [3.8, 4) is 0 Å². The molecule has 174 valence electrons. The van der Waals surface area contributed by atoms with Crippen molar-refractivity contribution in [1.82, 2.24) is 10.2 Å². The van der Waals surface area contributed by atoms with Gasteiger partial charge >= 0.3 is 6.18 Å². The van der Waals surface area contributed by atoms with Crippen molar-refractivity contribution < 1.29 is 27.8 Å². The van der Waals surface area contributed by atoms with Crippen LogP contribution in [0.5, 0.6) is 0 Å². The van der Waals surface area contributed by atoms with E-state index in [0.717, 1.165) is 56.9 Å². The number of aliphatic hydroxyl groups is 1. The summed E-state index contributed by atoms with van der Waals surface area (Å²) >= 11 is 0. The molecule has 1 saturated heterocycles. The maximum absolute atomic E-state index is 13.0. The Kier molecular flexibility index (Phi) is 8.36. The Hall–Kier alpha value is -1.64. The highest BCUT2D eigenvalue weighted by Crippen LogP contribution is 2.34. The number of halogens is 3. The van der Waals surface area contributed by atoms with Crippen LogP contribution in [0.4, 0.5) is 13.2 Å². The highest BCUT2D eigenvalue weighted by atomic mass is 19.4. The number of nitrogens with zero attached hydrogens (tertiary/aromatic N) is 1. The number of amides is 1. The van der Waals surface area contributed by atoms with Gasteiger partial charge in [0.1, 0.15) is 0 Å². The van der Waals surface area contributed by atoms with Gasteiger partial charge in [0.25, 0.3) is 0 Å². The summed E-state index contributed by atoms with van der Waals surface area (Å²) in [6.45, 7) is 4.39. The van der Waals surface area contributed by atoms with Gasteiger partial charge in [0, 0.05) is 50.9 Å². The first kappa shape index (κ1) is 24.0. The summed E-state index contributed by atoms with van der Waals surface area (Å²) in [4.78, 5) is 14.7. The Morgan fingerprint density at radius 3 is 2.55 bits per heavy atom. The van der Waals surface area contributed by atoms with Crippen molar-refractivity contribution in [2.75, 3.05) is 26.4 Å². The lowest BCUT2D eigenvalue weighted by atomic mass is 9.95. The number of ether oxygens (including phenoxy) is 1. The molecule has 0 spiro atoms. The lowest BCUT2D eigenvalue weighted by molar-refractivity contribution is -0.137. The van der Waals surface area contributed by atoms with E-state index in [1.54, 1.807) is 17.9 Å². The SMILES string of the molecule is CCO.O=C([C@H]1CCC(NC2CCOCC2)C1)N1CCc2ccc(C(F)(F)F)cc2C1. The molecule has 0 aromatic heterocycles. The van der Waals surface area contributed by atoms with E-state index in [0.29, 0.717) is 30.6 Å². The molecule has 2 fully saturated rings. The largest absolute Gasteiger partial charge is 0.416 e. The van der Waals surface area contributed by atoms with Gasteiger partial charge < -0.3 is 20.1 Å². The molecule has 8 heteroatoms. The molecule has 4 rings (SSSR count). The quantitative estimate of drug-likeness (QED) is 0.752. The fraction of sp³-hybridized carbons (Fsp3) is 0.696. The van der Waals surface area contributed by atoms with Crippen LogP contribution in [-0.4, -0.2) is 54.4 Å². The summed E-state index contributed by atoms with van der Waals surface area (Å²) in [6.07, 6.45) is 0.953. The lowest BCUT2D eigenvalue weighted by Crippen LogP contribution is -2.42. The average molecular weight is 443 g/mol. The van der Waals surface area contributed by atoms with Gasteiger partial charge in [0.15, 0.2) is 0 Å². The predicted molar refractivity (Wildman–Crippen MR) is 111 cm³/mol. The Morgan fingerprint density at radius 2 is 1.87 bits per heavy atom. The van der Waals surface area contributed by atoms with Crippen LogP contribution in [0.3, 0.4) is 0 Å². The van der Waals surface area contributed by atoms with Crippen LogP contribution >= 0.6 is 0 Å².